The molecule has 1 aromatic heterocycles. The second kappa shape index (κ2) is 6.82. The molecule has 27 heavy (non-hydrogen) atoms. The van der Waals surface area contributed by atoms with Crippen LogP contribution in [0.1, 0.15) is 50.5 Å². The van der Waals surface area contributed by atoms with Gasteiger partial charge in [-0.1, -0.05) is 0 Å². The van der Waals surface area contributed by atoms with Gasteiger partial charge in [0.25, 0.3) is 0 Å². The molecule has 1 N–H and O–H groups in total. The van der Waals surface area contributed by atoms with Crippen LogP contribution in [0.2, 0.25) is 0 Å². The van der Waals surface area contributed by atoms with Crippen LogP contribution in [0.4, 0.5) is 5.82 Å². The number of aromatic nitrogens is 1. The second-order valence-corrected chi connectivity index (χ2v) is 9.31. The minimum atomic E-state index is 0.257. The van der Waals surface area contributed by atoms with E-state index in [0.717, 1.165) is 55.4 Å². The summed E-state index contributed by atoms with van der Waals surface area (Å²) < 4.78 is 0. The van der Waals surface area contributed by atoms with Crippen molar-refractivity contribution in [3.63, 3.8) is 0 Å². The van der Waals surface area contributed by atoms with Crippen molar-refractivity contribution in [1.82, 2.24) is 9.88 Å². The van der Waals surface area contributed by atoms with Crippen LogP contribution in [0.5, 0.6) is 0 Å². The molecule has 5 fully saturated rings. The Balaban J connectivity index is 1.16. The third-order valence-corrected chi connectivity index (χ3v) is 7.62. The van der Waals surface area contributed by atoms with E-state index in [1.165, 1.54) is 32.1 Å². The van der Waals surface area contributed by atoms with Gasteiger partial charge >= 0.3 is 0 Å². The molecule has 1 amide bonds. The zero-order valence-electron chi connectivity index (χ0n) is 15.8. The molecule has 0 radical (unpaired) electrons. The number of nitriles is 1. The van der Waals surface area contributed by atoms with Crippen LogP contribution in [-0.2, 0) is 4.79 Å². The quantitative estimate of drug-likeness (QED) is 0.889. The number of likely N-dealkylation sites (tertiary alicyclic amines) is 1. The molecule has 142 valence electrons. The summed E-state index contributed by atoms with van der Waals surface area (Å²) in [5, 5.41) is 12.3. The molecule has 5 aliphatic rings. The van der Waals surface area contributed by atoms with Crippen molar-refractivity contribution in [2.75, 3.05) is 18.4 Å². The average Bonchev–Trinajstić information content (AvgIpc) is 3.13. The first-order valence-corrected chi connectivity index (χ1v) is 10.6. The van der Waals surface area contributed by atoms with Gasteiger partial charge in [-0.25, -0.2) is 4.98 Å². The molecule has 0 unspecified atom stereocenters. The fourth-order valence-electron chi connectivity index (χ4n) is 6.56. The molecule has 5 heteroatoms. The van der Waals surface area contributed by atoms with Gasteiger partial charge in [0.2, 0.25) is 5.91 Å². The number of hydrogen-bond donors (Lipinski definition) is 1. The van der Waals surface area contributed by atoms with Gasteiger partial charge in [-0.3, -0.25) is 4.79 Å². The normalized spacial score (nSPS) is 36.6. The summed E-state index contributed by atoms with van der Waals surface area (Å²) in [5.41, 5.74) is 0.569. The molecule has 4 aliphatic carbocycles. The Morgan fingerprint density at radius 1 is 1.19 bits per heavy atom. The van der Waals surface area contributed by atoms with E-state index in [1.54, 1.807) is 12.3 Å². The number of rotatable bonds is 4. The second-order valence-electron chi connectivity index (χ2n) is 9.31. The Hall–Kier alpha value is -2.09. The molecule has 4 saturated carbocycles. The Kier molecular flexibility index (Phi) is 4.30. The number of carbonyl (C=O) groups is 1. The van der Waals surface area contributed by atoms with Gasteiger partial charge in [0, 0.05) is 31.7 Å². The van der Waals surface area contributed by atoms with Crippen molar-refractivity contribution >= 4 is 11.7 Å². The van der Waals surface area contributed by atoms with Gasteiger partial charge in [-0.05, 0) is 80.2 Å². The number of amides is 1. The maximum absolute atomic E-state index is 13.0. The van der Waals surface area contributed by atoms with Gasteiger partial charge in [-0.2, -0.15) is 5.26 Å². The van der Waals surface area contributed by atoms with Gasteiger partial charge < -0.3 is 10.2 Å². The standard InChI is InChI=1S/C22H28N4O/c23-11-14-1-2-21(24-12-14)25-19-3-4-26(13-19)22(27)10-20-17-6-15-5-16(8-17)9-18(20)7-15/h1-2,12,15-20H,3-10,13H2,(H,24,25)/t15?,16?,17?,18?,19-,20?/m1/s1. The highest BCUT2D eigenvalue weighted by Crippen LogP contribution is 2.57. The first-order chi connectivity index (χ1) is 13.2. The molecule has 6 rings (SSSR count). The molecule has 2 heterocycles. The number of pyridine rings is 1. The monoisotopic (exact) mass is 364 g/mol. The molecule has 4 bridgehead atoms. The summed E-state index contributed by atoms with van der Waals surface area (Å²) in [5.74, 6) is 5.39. The maximum Gasteiger partial charge on any atom is 0.222 e. The van der Waals surface area contributed by atoms with Gasteiger partial charge in [0.1, 0.15) is 11.9 Å². The van der Waals surface area contributed by atoms with Gasteiger partial charge in [0.05, 0.1) is 5.56 Å². The van der Waals surface area contributed by atoms with Crippen LogP contribution in [0.25, 0.3) is 0 Å². The third kappa shape index (κ3) is 3.31. The molecule has 1 saturated heterocycles. The first kappa shape index (κ1) is 17.0. The van der Waals surface area contributed by atoms with E-state index in [4.69, 9.17) is 5.26 Å². The molecule has 1 aromatic rings. The van der Waals surface area contributed by atoms with Crippen molar-refractivity contribution in [2.45, 2.75) is 51.0 Å². The average molecular weight is 364 g/mol. The van der Waals surface area contributed by atoms with E-state index < -0.39 is 0 Å². The number of carbonyl (C=O) groups excluding carboxylic acids is 1. The summed E-state index contributed by atoms with van der Waals surface area (Å²) in [6.07, 6.45) is 10.4. The lowest BCUT2D eigenvalue weighted by Crippen LogP contribution is -2.46. The van der Waals surface area contributed by atoms with Crippen molar-refractivity contribution in [1.29, 1.82) is 5.26 Å². The van der Waals surface area contributed by atoms with Crippen LogP contribution in [0.15, 0.2) is 18.3 Å². The van der Waals surface area contributed by atoms with E-state index in [1.807, 2.05) is 6.07 Å². The Labute approximate surface area is 161 Å². The number of anilines is 1. The van der Waals surface area contributed by atoms with Crippen LogP contribution in [-0.4, -0.2) is 34.9 Å². The molecular weight excluding hydrogens is 336 g/mol. The van der Waals surface area contributed by atoms with Crippen molar-refractivity contribution in [3.05, 3.63) is 23.9 Å². The highest BCUT2D eigenvalue weighted by atomic mass is 16.2. The maximum atomic E-state index is 13.0. The summed E-state index contributed by atoms with van der Waals surface area (Å²) in [6.45, 7) is 1.62. The van der Waals surface area contributed by atoms with Crippen LogP contribution in [0, 0.1) is 40.9 Å². The minimum Gasteiger partial charge on any atom is -0.365 e. The summed E-state index contributed by atoms with van der Waals surface area (Å²) in [7, 11) is 0. The minimum absolute atomic E-state index is 0.257. The fraction of sp³-hybridized carbons (Fsp3) is 0.682. The van der Waals surface area contributed by atoms with Crippen molar-refractivity contribution in [2.24, 2.45) is 29.6 Å². The van der Waals surface area contributed by atoms with Crippen LogP contribution >= 0.6 is 0 Å². The van der Waals surface area contributed by atoms with Crippen molar-refractivity contribution in [3.8, 4) is 6.07 Å². The Morgan fingerprint density at radius 2 is 1.93 bits per heavy atom. The number of nitrogens with zero attached hydrogens (tertiary/aromatic N) is 3. The first-order valence-electron chi connectivity index (χ1n) is 10.6. The smallest absolute Gasteiger partial charge is 0.222 e. The molecule has 1 atom stereocenters. The highest BCUT2D eigenvalue weighted by Gasteiger charge is 2.48. The zero-order valence-corrected chi connectivity index (χ0v) is 15.8. The predicted octanol–water partition coefficient (Wildman–Crippen LogP) is 3.43. The van der Waals surface area contributed by atoms with E-state index in [9.17, 15) is 4.79 Å². The van der Waals surface area contributed by atoms with Crippen LogP contribution < -0.4 is 5.32 Å². The van der Waals surface area contributed by atoms with E-state index in [2.05, 4.69) is 21.3 Å². The lowest BCUT2D eigenvalue weighted by molar-refractivity contribution is -0.135. The summed E-state index contributed by atoms with van der Waals surface area (Å²) >= 11 is 0. The number of nitrogens with one attached hydrogen (secondary N) is 1. The van der Waals surface area contributed by atoms with Gasteiger partial charge in [0.15, 0.2) is 0 Å². The van der Waals surface area contributed by atoms with Gasteiger partial charge in [-0.15, -0.1) is 0 Å². The molecule has 5 nitrogen and oxygen atoms in total. The van der Waals surface area contributed by atoms with E-state index in [-0.39, 0.29) is 6.04 Å². The van der Waals surface area contributed by atoms with E-state index in [0.29, 0.717) is 17.4 Å². The summed E-state index contributed by atoms with van der Waals surface area (Å²) in [6, 6.07) is 5.97. The highest BCUT2D eigenvalue weighted by molar-refractivity contribution is 5.77. The topological polar surface area (TPSA) is 69.0 Å². The zero-order chi connectivity index (χ0) is 18.4. The lowest BCUT2D eigenvalue weighted by Gasteiger charge is -2.54. The molecule has 1 aliphatic heterocycles. The Bertz CT molecular complexity index is 725. The fourth-order valence-corrected chi connectivity index (χ4v) is 6.56. The SMILES string of the molecule is N#Cc1ccc(N[C@@H]2CCN(C(=O)CC3C4CC5CC(C4)CC3C5)C2)nc1. The molecular formula is C22H28N4O. The summed E-state index contributed by atoms with van der Waals surface area (Å²) in [4.78, 5) is 19.3. The Morgan fingerprint density at radius 3 is 2.56 bits per heavy atom. The lowest BCUT2D eigenvalue weighted by atomic mass is 9.51. The largest absolute Gasteiger partial charge is 0.365 e. The van der Waals surface area contributed by atoms with E-state index >= 15 is 0 Å². The van der Waals surface area contributed by atoms with Crippen molar-refractivity contribution < 1.29 is 4.79 Å². The molecule has 0 spiro atoms. The number of hydrogen-bond acceptors (Lipinski definition) is 4. The van der Waals surface area contributed by atoms with Crippen LogP contribution in [0.3, 0.4) is 0 Å². The third-order valence-electron chi connectivity index (χ3n) is 7.62. The predicted molar refractivity (Wildman–Crippen MR) is 103 cm³/mol. The molecule has 0 aromatic carbocycles.